The first-order valence-electron chi connectivity index (χ1n) is 8.63. The molecule has 0 radical (unpaired) electrons. The lowest BCUT2D eigenvalue weighted by molar-refractivity contribution is -0.137. The summed E-state index contributed by atoms with van der Waals surface area (Å²) in [5, 5.41) is 3.38. The molecule has 0 bridgehead atoms. The molecule has 2 heterocycles. The Hall–Kier alpha value is -1.96. The summed E-state index contributed by atoms with van der Waals surface area (Å²) in [6.45, 7) is 4.03. The molecule has 1 unspecified atom stereocenters. The van der Waals surface area contributed by atoms with Gasteiger partial charge < -0.3 is 10.1 Å². The highest BCUT2D eigenvalue weighted by atomic mass is 19.4. The highest BCUT2D eigenvalue weighted by Crippen LogP contribution is 2.31. The van der Waals surface area contributed by atoms with E-state index in [9.17, 15) is 13.2 Å². The molecule has 1 saturated heterocycles. The summed E-state index contributed by atoms with van der Waals surface area (Å²) in [6.07, 6.45) is -2.57. The van der Waals surface area contributed by atoms with Gasteiger partial charge in [0.25, 0.3) is 0 Å². The Kier molecular flexibility index (Phi) is 6.24. The van der Waals surface area contributed by atoms with Crippen LogP contribution in [-0.4, -0.2) is 42.7 Å². The second-order valence-corrected chi connectivity index (χ2v) is 6.24. The van der Waals surface area contributed by atoms with Gasteiger partial charge in [-0.3, -0.25) is 9.88 Å². The molecular formula is C19H22F3N3O. The van der Waals surface area contributed by atoms with Crippen molar-refractivity contribution in [1.82, 2.24) is 15.2 Å². The number of hydrogen-bond acceptors (Lipinski definition) is 4. The van der Waals surface area contributed by atoms with Crippen LogP contribution < -0.4 is 5.32 Å². The number of nitrogens with zero attached hydrogens (tertiary/aromatic N) is 2. The lowest BCUT2D eigenvalue weighted by atomic mass is 10.0. The molecular weight excluding hydrogens is 343 g/mol. The van der Waals surface area contributed by atoms with Crippen molar-refractivity contribution in [3.63, 3.8) is 0 Å². The van der Waals surface area contributed by atoms with E-state index in [0.717, 1.165) is 36.5 Å². The Morgan fingerprint density at radius 1 is 1.08 bits per heavy atom. The third-order valence-electron chi connectivity index (χ3n) is 4.48. The number of morpholine rings is 1. The van der Waals surface area contributed by atoms with Gasteiger partial charge in [0, 0.05) is 38.4 Å². The van der Waals surface area contributed by atoms with Crippen LogP contribution in [0.3, 0.4) is 0 Å². The molecule has 1 fully saturated rings. The van der Waals surface area contributed by atoms with E-state index in [1.165, 1.54) is 0 Å². The molecule has 0 spiro atoms. The fourth-order valence-corrected chi connectivity index (χ4v) is 3.08. The van der Waals surface area contributed by atoms with Gasteiger partial charge in [0.1, 0.15) is 0 Å². The molecule has 4 nitrogen and oxygen atoms in total. The molecule has 26 heavy (non-hydrogen) atoms. The van der Waals surface area contributed by atoms with Crippen molar-refractivity contribution in [1.29, 1.82) is 0 Å². The topological polar surface area (TPSA) is 37.4 Å². The molecule has 1 aromatic carbocycles. The predicted octanol–water partition coefficient (Wildman–Crippen LogP) is 3.26. The van der Waals surface area contributed by atoms with Crippen LogP contribution in [0.25, 0.3) is 0 Å². The van der Waals surface area contributed by atoms with Crippen LogP contribution in [0.1, 0.15) is 22.9 Å². The molecule has 140 valence electrons. The lowest BCUT2D eigenvalue weighted by Crippen LogP contribution is -2.42. The van der Waals surface area contributed by atoms with Gasteiger partial charge in [0.05, 0.1) is 24.5 Å². The van der Waals surface area contributed by atoms with Crippen molar-refractivity contribution < 1.29 is 17.9 Å². The molecule has 7 heteroatoms. The van der Waals surface area contributed by atoms with Gasteiger partial charge in [-0.15, -0.1) is 0 Å². The number of ether oxygens (including phenoxy) is 1. The number of rotatable bonds is 6. The van der Waals surface area contributed by atoms with Crippen LogP contribution in [0.5, 0.6) is 0 Å². The predicted molar refractivity (Wildman–Crippen MR) is 92.5 cm³/mol. The summed E-state index contributed by atoms with van der Waals surface area (Å²) < 4.78 is 43.9. The van der Waals surface area contributed by atoms with Gasteiger partial charge in [-0.2, -0.15) is 13.2 Å². The molecule has 0 amide bonds. The van der Waals surface area contributed by atoms with Crippen LogP contribution in [0.15, 0.2) is 48.7 Å². The molecule has 2 aromatic rings. The lowest BCUT2D eigenvalue weighted by Gasteiger charge is -2.35. The first-order chi connectivity index (χ1) is 12.5. The Labute approximate surface area is 151 Å². The minimum atomic E-state index is -4.32. The van der Waals surface area contributed by atoms with Gasteiger partial charge in [-0.1, -0.05) is 18.2 Å². The van der Waals surface area contributed by atoms with Crippen molar-refractivity contribution >= 4 is 0 Å². The number of pyridine rings is 1. The van der Waals surface area contributed by atoms with E-state index in [-0.39, 0.29) is 6.04 Å². The van der Waals surface area contributed by atoms with Gasteiger partial charge in [0.15, 0.2) is 0 Å². The first kappa shape index (κ1) is 18.8. The Morgan fingerprint density at radius 2 is 1.81 bits per heavy atom. The third-order valence-corrected chi connectivity index (χ3v) is 4.48. The summed E-state index contributed by atoms with van der Waals surface area (Å²) >= 11 is 0. The van der Waals surface area contributed by atoms with Crippen LogP contribution in [0, 0.1) is 0 Å². The summed E-state index contributed by atoms with van der Waals surface area (Å²) in [5.74, 6) is 0. The molecule has 1 aliphatic heterocycles. The number of alkyl halides is 3. The molecule has 1 aromatic heterocycles. The minimum Gasteiger partial charge on any atom is -0.379 e. The maximum absolute atomic E-state index is 12.8. The molecule has 0 saturated carbocycles. The van der Waals surface area contributed by atoms with Crippen LogP contribution >= 0.6 is 0 Å². The van der Waals surface area contributed by atoms with Crippen LogP contribution in [-0.2, 0) is 17.5 Å². The molecule has 0 aliphatic carbocycles. The molecule has 1 atom stereocenters. The maximum atomic E-state index is 12.8. The van der Waals surface area contributed by atoms with E-state index >= 15 is 0 Å². The fourth-order valence-electron chi connectivity index (χ4n) is 3.08. The van der Waals surface area contributed by atoms with Gasteiger partial charge >= 0.3 is 6.18 Å². The number of hydrogen-bond donors (Lipinski definition) is 1. The number of halogens is 3. The molecule has 3 rings (SSSR count). The number of benzene rings is 1. The zero-order chi connectivity index (χ0) is 18.4. The van der Waals surface area contributed by atoms with E-state index in [4.69, 9.17) is 4.74 Å². The summed E-state index contributed by atoms with van der Waals surface area (Å²) in [7, 11) is 0. The van der Waals surface area contributed by atoms with Gasteiger partial charge in [0.2, 0.25) is 0 Å². The Bertz CT molecular complexity index is 671. The van der Waals surface area contributed by atoms with E-state index in [1.807, 2.05) is 18.2 Å². The zero-order valence-electron chi connectivity index (χ0n) is 14.4. The highest BCUT2D eigenvalue weighted by molar-refractivity contribution is 5.27. The van der Waals surface area contributed by atoms with Crippen LogP contribution in [0.2, 0.25) is 0 Å². The second-order valence-electron chi connectivity index (χ2n) is 6.24. The average molecular weight is 365 g/mol. The van der Waals surface area contributed by atoms with Gasteiger partial charge in [-0.25, -0.2) is 0 Å². The van der Waals surface area contributed by atoms with Crippen molar-refractivity contribution in [2.45, 2.75) is 18.8 Å². The molecule has 1 N–H and O–H groups in total. The normalized spacial score (nSPS) is 17.2. The highest BCUT2D eigenvalue weighted by Gasteiger charge is 2.31. The zero-order valence-corrected chi connectivity index (χ0v) is 14.4. The third kappa shape index (κ3) is 5.03. The standard InChI is InChI=1S/C19H22F3N3O/c20-19(21,22)16-6-4-15(5-7-16)18(25-9-11-26-12-10-25)14-23-13-17-3-1-2-8-24-17/h1-8,18,23H,9-14H2. The summed E-state index contributed by atoms with van der Waals surface area (Å²) in [4.78, 5) is 6.53. The van der Waals surface area contributed by atoms with Crippen molar-refractivity contribution in [2.75, 3.05) is 32.8 Å². The first-order valence-corrected chi connectivity index (χ1v) is 8.63. The monoisotopic (exact) mass is 365 g/mol. The number of aromatic nitrogens is 1. The quantitative estimate of drug-likeness (QED) is 0.853. The largest absolute Gasteiger partial charge is 0.416 e. The van der Waals surface area contributed by atoms with E-state index < -0.39 is 11.7 Å². The van der Waals surface area contributed by atoms with Crippen molar-refractivity contribution in [3.05, 3.63) is 65.5 Å². The Balaban J connectivity index is 1.70. The van der Waals surface area contributed by atoms with E-state index in [1.54, 1.807) is 18.3 Å². The second kappa shape index (κ2) is 8.62. The summed E-state index contributed by atoms with van der Waals surface area (Å²) in [5.41, 5.74) is 1.18. The van der Waals surface area contributed by atoms with E-state index in [2.05, 4.69) is 15.2 Å². The smallest absolute Gasteiger partial charge is 0.379 e. The van der Waals surface area contributed by atoms with Crippen molar-refractivity contribution in [2.24, 2.45) is 0 Å². The fraction of sp³-hybridized carbons (Fsp3) is 0.421. The maximum Gasteiger partial charge on any atom is 0.416 e. The van der Waals surface area contributed by atoms with Gasteiger partial charge in [-0.05, 0) is 29.8 Å². The van der Waals surface area contributed by atoms with E-state index in [0.29, 0.717) is 26.3 Å². The summed E-state index contributed by atoms with van der Waals surface area (Å²) in [6, 6.07) is 11.2. The minimum absolute atomic E-state index is 0.00936. The average Bonchev–Trinajstić information content (AvgIpc) is 2.66. The Morgan fingerprint density at radius 3 is 2.42 bits per heavy atom. The molecule has 1 aliphatic rings. The SMILES string of the molecule is FC(F)(F)c1ccc(C(CNCc2ccccn2)N2CCOCC2)cc1. The number of nitrogens with one attached hydrogen (secondary N) is 1. The van der Waals surface area contributed by atoms with Crippen LogP contribution in [0.4, 0.5) is 13.2 Å². The van der Waals surface area contributed by atoms with Crippen molar-refractivity contribution in [3.8, 4) is 0 Å².